The van der Waals surface area contributed by atoms with E-state index in [1.54, 1.807) is 0 Å². The number of hydrogen-bond acceptors (Lipinski definition) is 2. The van der Waals surface area contributed by atoms with E-state index in [-0.39, 0.29) is 0 Å². The van der Waals surface area contributed by atoms with Gasteiger partial charge in [0, 0.05) is 12.1 Å². The van der Waals surface area contributed by atoms with Crippen molar-refractivity contribution in [2.45, 2.75) is 57.5 Å². The number of nitrogens with two attached hydrogens (primary N) is 1. The van der Waals surface area contributed by atoms with Crippen LogP contribution in [0.1, 0.15) is 45.4 Å². The van der Waals surface area contributed by atoms with E-state index in [2.05, 4.69) is 25.9 Å². The second-order valence-electron chi connectivity index (χ2n) is 5.14. The van der Waals surface area contributed by atoms with Gasteiger partial charge < -0.3 is 10.6 Å². The Morgan fingerprint density at radius 1 is 1.21 bits per heavy atom. The molecule has 2 N–H and O–H groups in total. The second kappa shape index (κ2) is 5.72. The lowest BCUT2D eigenvalue weighted by atomic mass is 9.81. The fourth-order valence-electron chi connectivity index (χ4n) is 2.72. The molecule has 0 amide bonds. The standard InChI is InChI=1S/C12H26N2/c1-10(13)9-12(14(2)3)11-7-5-4-6-8-11/h10-12H,4-9,13H2,1-3H3. The van der Waals surface area contributed by atoms with Gasteiger partial charge in [0.25, 0.3) is 0 Å². The third kappa shape index (κ3) is 3.58. The first kappa shape index (κ1) is 12.0. The summed E-state index contributed by atoms with van der Waals surface area (Å²) in [6, 6.07) is 1.04. The highest BCUT2D eigenvalue weighted by molar-refractivity contribution is 4.81. The summed E-state index contributed by atoms with van der Waals surface area (Å²) in [5.74, 6) is 0.893. The molecule has 84 valence electrons. The van der Waals surface area contributed by atoms with Crippen LogP contribution in [0.5, 0.6) is 0 Å². The van der Waals surface area contributed by atoms with E-state index in [9.17, 15) is 0 Å². The van der Waals surface area contributed by atoms with Crippen LogP contribution in [0.3, 0.4) is 0 Å². The molecule has 1 rings (SSSR count). The van der Waals surface area contributed by atoms with Crippen molar-refractivity contribution in [1.29, 1.82) is 0 Å². The van der Waals surface area contributed by atoms with Gasteiger partial charge in [0.2, 0.25) is 0 Å². The van der Waals surface area contributed by atoms with E-state index in [1.165, 1.54) is 32.1 Å². The van der Waals surface area contributed by atoms with Crippen molar-refractivity contribution in [3.05, 3.63) is 0 Å². The lowest BCUT2D eigenvalue weighted by Gasteiger charge is -2.35. The summed E-state index contributed by atoms with van der Waals surface area (Å²) < 4.78 is 0. The third-order valence-electron chi connectivity index (χ3n) is 3.47. The molecule has 1 aliphatic rings. The first-order valence-electron chi connectivity index (χ1n) is 6.03. The van der Waals surface area contributed by atoms with Crippen molar-refractivity contribution in [2.75, 3.05) is 14.1 Å². The van der Waals surface area contributed by atoms with Crippen molar-refractivity contribution in [1.82, 2.24) is 4.90 Å². The van der Waals surface area contributed by atoms with Crippen molar-refractivity contribution >= 4 is 0 Å². The normalized spacial score (nSPS) is 23.8. The maximum absolute atomic E-state index is 5.91. The highest BCUT2D eigenvalue weighted by Crippen LogP contribution is 2.30. The largest absolute Gasteiger partial charge is 0.328 e. The fourth-order valence-corrected chi connectivity index (χ4v) is 2.72. The van der Waals surface area contributed by atoms with Gasteiger partial charge in [0.05, 0.1) is 0 Å². The fraction of sp³-hybridized carbons (Fsp3) is 1.00. The molecule has 14 heavy (non-hydrogen) atoms. The van der Waals surface area contributed by atoms with Gasteiger partial charge in [-0.2, -0.15) is 0 Å². The van der Waals surface area contributed by atoms with Gasteiger partial charge in [0.1, 0.15) is 0 Å². The second-order valence-corrected chi connectivity index (χ2v) is 5.14. The van der Waals surface area contributed by atoms with Crippen molar-refractivity contribution in [2.24, 2.45) is 11.7 Å². The molecule has 0 saturated heterocycles. The number of hydrogen-bond donors (Lipinski definition) is 1. The lowest BCUT2D eigenvalue weighted by molar-refractivity contribution is 0.154. The van der Waals surface area contributed by atoms with Crippen LogP contribution in [0, 0.1) is 5.92 Å². The van der Waals surface area contributed by atoms with E-state index in [0.29, 0.717) is 12.1 Å². The van der Waals surface area contributed by atoms with Crippen LogP contribution >= 0.6 is 0 Å². The average molecular weight is 198 g/mol. The Labute approximate surface area is 88.8 Å². The number of rotatable bonds is 4. The van der Waals surface area contributed by atoms with Gasteiger partial charge in [-0.05, 0) is 46.2 Å². The Kier molecular flexibility index (Phi) is 4.90. The predicted molar refractivity (Wildman–Crippen MR) is 62.3 cm³/mol. The molecule has 0 aromatic rings. The quantitative estimate of drug-likeness (QED) is 0.750. The van der Waals surface area contributed by atoms with Gasteiger partial charge in [-0.15, -0.1) is 0 Å². The van der Waals surface area contributed by atoms with E-state index < -0.39 is 0 Å². The Hall–Kier alpha value is -0.0800. The van der Waals surface area contributed by atoms with Crippen molar-refractivity contribution < 1.29 is 0 Å². The highest BCUT2D eigenvalue weighted by Gasteiger charge is 2.25. The first-order valence-corrected chi connectivity index (χ1v) is 6.03. The molecule has 0 aromatic carbocycles. The molecule has 2 heteroatoms. The molecule has 0 heterocycles. The Morgan fingerprint density at radius 2 is 1.79 bits per heavy atom. The van der Waals surface area contributed by atoms with Crippen molar-refractivity contribution in [3.63, 3.8) is 0 Å². The van der Waals surface area contributed by atoms with Gasteiger partial charge in [0.15, 0.2) is 0 Å². The average Bonchev–Trinajstić information content (AvgIpc) is 2.15. The van der Waals surface area contributed by atoms with Crippen LogP contribution in [0.25, 0.3) is 0 Å². The maximum atomic E-state index is 5.91. The molecule has 2 atom stereocenters. The maximum Gasteiger partial charge on any atom is 0.0132 e. The zero-order valence-corrected chi connectivity index (χ0v) is 10.00. The molecule has 2 nitrogen and oxygen atoms in total. The summed E-state index contributed by atoms with van der Waals surface area (Å²) in [4.78, 5) is 2.37. The Balaban J connectivity index is 2.47. The minimum atomic E-state index is 0.337. The summed E-state index contributed by atoms with van der Waals surface area (Å²) in [5.41, 5.74) is 5.91. The van der Waals surface area contributed by atoms with Crippen LogP contribution < -0.4 is 5.73 Å². The molecular formula is C12H26N2. The van der Waals surface area contributed by atoms with Crippen molar-refractivity contribution in [3.8, 4) is 0 Å². The van der Waals surface area contributed by atoms with Gasteiger partial charge in [-0.25, -0.2) is 0 Å². The molecule has 0 radical (unpaired) electrons. The summed E-state index contributed by atoms with van der Waals surface area (Å²) in [5, 5.41) is 0. The molecule has 1 aliphatic carbocycles. The van der Waals surface area contributed by atoms with E-state index in [4.69, 9.17) is 5.73 Å². The summed E-state index contributed by atoms with van der Waals surface area (Å²) in [6.45, 7) is 2.12. The molecular weight excluding hydrogens is 172 g/mol. The third-order valence-corrected chi connectivity index (χ3v) is 3.47. The van der Waals surface area contributed by atoms with Crippen LogP contribution in [-0.2, 0) is 0 Å². The molecule has 1 fully saturated rings. The molecule has 2 unspecified atom stereocenters. The summed E-state index contributed by atoms with van der Waals surface area (Å²) in [7, 11) is 4.39. The minimum Gasteiger partial charge on any atom is -0.328 e. The monoisotopic (exact) mass is 198 g/mol. The van der Waals surface area contributed by atoms with E-state index in [1.807, 2.05) is 0 Å². The smallest absolute Gasteiger partial charge is 0.0132 e. The van der Waals surface area contributed by atoms with Gasteiger partial charge in [-0.1, -0.05) is 19.3 Å². The predicted octanol–water partition coefficient (Wildman–Crippen LogP) is 2.23. The van der Waals surface area contributed by atoms with Crippen LogP contribution in [0.2, 0.25) is 0 Å². The highest BCUT2D eigenvalue weighted by atomic mass is 15.1. The Bertz CT molecular complexity index is 148. The molecule has 0 bridgehead atoms. The van der Waals surface area contributed by atoms with Gasteiger partial charge in [-0.3, -0.25) is 0 Å². The Morgan fingerprint density at radius 3 is 2.21 bits per heavy atom. The zero-order valence-electron chi connectivity index (χ0n) is 10.00. The summed E-state index contributed by atoms with van der Waals surface area (Å²) in [6.07, 6.45) is 8.26. The molecule has 0 aliphatic heterocycles. The lowest BCUT2D eigenvalue weighted by Crippen LogP contribution is -2.40. The first-order chi connectivity index (χ1) is 6.61. The minimum absolute atomic E-state index is 0.337. The van der Waals surface area contributed by atoms with Gasteiger partial charge >= 0.3 is 0 Å². The zero-order chi connectivity index (χ0) is 10.6. The van der Waals surface area contributed by atoms with Crippen LogP contribution in [-0.4, -0.2) is 31.1 Å². The molecule has 1 saturated carbocycles. The van der Waals surface area contributed by atoms with Crippen LogP contribution in [0.4, 0.5) is 0 Å². The topological polar surface area (TPSA) is 29.3 Å². The summed E-state index contributed by atoms with van der Waals surface area (Å²) >= 11 is 0. The molecule has 0 spiro atoms. The van der Waals surface area contributed by atoms with E-state index >= 15 is 0 Å². The van der Waals surface area contributed by atoms with Crippen LogP contribution in [0.15, 0.2) is 0 Å². The SMILES string of the molecule is CC(N)CC(C1CCCCC1)N(C)C. The molecule has 0 aromatic heterocycles. The van der Waals surface area contributed by atoms with E-state index in [0.717, 1.165) is 12.3 Å². The number of nitrogens with zero attached hydrogens (tertiary/aromatic N) is 1.